The molecule has 0 bridgehead atoms. The minimum absolute atomic E-state index is 0.0748. The van der Waals surface area contributed by atoms with Gasteiger partial charge in [-0.15, -0.1) is 0 Å². The first-order chi connectivity index (χ1) is 9.74. The zero-order chi connectivity index (χ0) is 15.7. The number of hydrogen-bond donors (Lipinski definition) is 3. The first-order valence-electron chi connectivity index (χ1n) is 6.87. The number of anilines is 1. The SMILES string of the molecule is CNC(C)(C)C(=O)Nc1ccc(S(=O)(=O)NC2CC2)cc1. The molecule has 1 aromatic carbocycles. The van der Waals surface area contributed by atoms with Crippen molar-refractivity contribution in [1.29, 1.82) is 0 Å². The fourth-order valence-corrected chi connectivity index (χ4v) is 2.91. The summed E-state index contributed by atoms with van der Waals surface area (Å²) in [5.41, 5.74) is -0.133. The molecule has 0 atom stereocenters. The molecule has 0 aliphatic heterocycles. The lowest BCUT2D eigenvalue weighted by Gasteiger charge is -2.22. The van der Waals surface area contributed by atoms with Crippen LogP contribution in [0.15, 0.2) is 29.2 Å². The Morgan fingerprint density at radius 3 is 2.24 bits per heavy atom. The van der Waals surface area contributed by atoms with E-state index in [2.05, 4.69) is 15.4 Å². The summed E-state index contributed by atoms with van der Waals surface area (Å²) in [5, 5.41) is 5.66. The Labute approximate surface area is 125 Å². The predicted octanol–water partition coefficient (Wildman–Crippen LogP) is 1.06. The van der Waals surface area contributed by atoms with E-state index in [0.29, 0.717) is 5.69 Å². The van der Waals surface area contributed by atoms with Gasteiger partial charge in [-0.25, -0.2) is 13.1 Å². The van der Waals surface area contributed by atoms with E-state index in [9.17, 15) is 13.2 Å². The molecule has 1 fully saturated rings. The van der Waals surface area contributed by atoms with Crippen LogP contribution in [0.25, 0.3) is 0 Å². The monoisotopic (exact) mass is 311 g/mol. The van der Waals surface area contributed by atoms with Gasteiger partial charge in [-0.05, 0) is 58.0 Å². The van der Waals surface area contributed by atoms with Gasteiger partial charge in [0.25, 0.3) is 0 Å². The number of sulfonamides is 1. The molecule has 1 saturated carbocycles. The molecular formula is C14H21N3O3S. The molecule has 3 N–H and O–H groups in total. The van der Waals surface area contributed by atoms with E-state index in [1.54, 1.807) is 33.0 Å². The van der Waals surface area contributed by atoms with Crippen LogP contribution < -0.4 is 15.4 Å². The van der Waals surface area contributed by atoms with Crippen LogP contribution >= 0.6 is 0 Å². The van der Waals surface area contributed by atoms with E-state index in [4.69, 9.17) is 0 Å². The quantitative estimate of drug-likeness (QED) is 0.733. The van der Waals surface area contributed by atoms with E-state index >= 15 is 0 Å². The summed E-state index contributed by atoms with van der Waals surface area (Å²) in [6, 6.07) is 6.24. The maximum Gasteiger partial charge on any atom is 0.244 e. The average Bonchev–Trinajstić information content (AvgIpc) is 3.22. The van der Waals surface area contributed by atoms with Gasteiger partial charge in [0.1, 0.15) is 0 Å². The normalized spacial score (nSPS) is 15.8. The number of nitrogens with one attached hydrogen (secondary N) is 3. The van der Waals surface area contributed by atoms with E-state index < -0.39 is 15.6 Å². The molecule has 1 amide bonds. The van der Waals surface area contributed by atoms with Gasteiger partial charge in [0.15, 0.2) is 0 Å². The highest BCUT2D eigenvalue weighted by Crippen LogP contribution is 2.23. The zero-order valence-corrected chi connectivity index (χ0v) is 13.3. The van der Waals surface area contributed by atoms with Gasteiger partial charge in [0.2, 0.25) is 15.9 Å². The van der Waals surface area contributed by atoms with Crippen molar-refractivity contribution in [3.05, 3.63) is 24.3 Å². The van der Waals surface area contributed by atoms with Crippen molar-refractivity contribution in [2.45, 2.75) is 43.2 Å². The molecule has 6 nitrogen and oxygen atoms in total. The fourth-order valence-electron chi connectivity index (χ4n) is 1.61. The van der Waals surface area contributed by atoms with Crippen LogP contribution in [0.2, 0.25) is 0 Å². The van der Waals surface area contributed by atoms with E-state index in [-0.39, 0.29) is 16.8 Å². The summed E-state index contributed by atoms with van der Waals surface area (Å²) >= 11 is 0. The highest BCUT2D eigenvalue weighted by atomic mass is 32.2. The second-order valence-corrected chi connectivity index (χ2v) is 7.46. The second kappa shape index (κ2) is 5.75. The highest BCUT2D eigenvalue weighted by Gasteiger charge is 2.28. The van der Waals surface area contributed by atoms with Crippen LogP contribution in [-0.2, 0) is 14.8 Å². The molecule has 1 aliphatic rings. The lowest BCUT2D eigenvalue weighted by Crippen LogP contribution is -2.47. The number of hydrogen-bond acceptors (Lipinski definition) is 4. The molecule has 116 valence electrons. The number of carbonyl (C=O) groups excluding carboxylic acids is 1. The Morgan fingerprint density at radius 1 is 1.19 bits per heavy atom. The predicted molar refractivity (Wildman–Crippen MR) is 81.6 cm³/mol. The molecule has 1 aliphatic carbocycles. The van der Waals surface area contributed by atoms with Crippen molar-refractivity contribution in [2.24, 2.45) is 0 Å². The van der Waals surface area contributed by atoms with Gasteiger partial charge in [-0.2, -0.15) is 0 Å². The number of rotatable bonds is 6. The van der Waals surface area contributed by atoms with Crippen molar-refractivity contribution in [3.63, 3.8) is 0 Å². The third kappa shape index (κ3) is 4.03. The van der Waals surface area contributed by atoms with Crippen LogP contribution in [0.1, 0.15) is 26.7 Å². The van der Waals surface area contributed by atoms with Crippen molar-refractivity contribution < 1.29 is 13.2 Å². The van der Waals surface area contributed by atoms with Crippen molar-refractivity contribution >= 4 is 21.6 Å². The van der Waals surface area contributed by atoms with Gasteiger partial charge < -0.3 is 10.6 Å². The Morgan fingerprint density at radius 2 is 1.76 bits per heavy atom. The first kappa shape index (κ1) is 15.9. The summed E-state index contributed by atoms with van der Waals surface area (Å²) in [6.45, 7) is 3.53. The van der Waals surface area contributed by atoms with Gasteiger partial charge in [-0.1, -0.05) is 0 Å². The zero-order valence-electron chi connectivity index (χ0n) is 12.4. The molecule has 0 saturated heterocycles. The molecule has 21 heavy (non-hydrogen) atoms. The van der Waals surface area contributed by atoms with Crippen LogP contribution in [-0.4, -0.2) is 33.0 Å². The summed E-state index contributed by atoms with van der Waals surface area (Å²) in [6.07, 6.45) is 1.79. The molecule has 0 heterocycles. The Balaban J connectivity index is 2.07. The van der Waals surface area contributed by atoms with Gasteiger partial charge in [0, 0.05) is 11.7 Å². The van der Waals surface area contributed by atoms with Gasteiger partial charge in [-0.3, -0.25) is 4.79 Å². The van der Waals surface area contributed by atoms with Crippen molar-refractivity contribution in [2.75, 3.05) is 12.4 Å². The molecule has 0 aromatic heterocycles. The third-order valence-corrected chi connectivity index (χ3v) is 5.05. The molecule has 0 radical (unpaired) electrons. The molecule has 0 unspecified atom stereocenters. The summed E-state index contributed by atoms with van der Waals surface area (Å²) in [5.74, 6) is -0.184. The van der Waals surface area contributed by atoms with E-state index in [1.165, 1.54) is 12.1 Å². The number of carbonyl (C=O) groups is 1. The largest absolute Gasteiger partial charge is 0.325 e. The van der Waals surface area contributed by atoms with Gasteiger partial charge >= 0.3 is 0 Å². The van der Waals surface area contributed by atoms with Gasteiger partial charge in [0.05, 0.1) is 10.4 Å². The Bertz CT molecular complexity index is 619. The van der Waals surface area contributed by atoms with Crippen LogP contribution in [0.5, 0.6) is 0 Å². The molecule has 2 rings (SSSR count). The van der Waals surface area contributed by atoms with Crippen LogP contribution in [0, 0.1) is 0 Å². The van der Waals surface area contributed by atoms with Crippen molar-refractivity contribution in [1.82, 2.24) is 10.0 Å². The molecule has 0 spiro atoms. The topological polar surface area (TPSA) is 87.3 Å². The first-order valence-corrected chi connectivity index (χ1v) is 8.36. The summed E-state index contributed by atoms with van der Waals surface area (Å²) in [4.78, 5) is 12.2. The lowest BCUT2D eigenvalue weighted by molar-refractivity contribution is -0.121. The third-order valence-electron chi connectivity index (χ3n) is 3.51. The summed E-state index contributed by atoms with van der Waals surface area (Å²) in [7, 11) is -1.74. The minimum Gasteiger partial charge on any atom is -0.325 e. The molecular weight excluding hydrogens is 290 g/mol. The fraction of sp³-hybridized carbons (Fsp3) is 0.500. The minimum atomic E-state index is -3.45. The number of amides is 1. The standard InChI is InChI=1S/C14H21N3O3S/c1-14(2,15-3)13(18)16-10-6-8-12(9-7-10)21(19,20)17-11-4-5-11/h6-9,11,15,17H,4-5H2,1-3H3,(H,16,18). The number of likely N-dealkylation sites (N-methyl/N-ethyl adjacent to an activating group) is 1. The maximum absolute atomic E-state index is 12.0. The van der Waals surface area contributed by atoms with E-state index in [1.807, 2.05) is 0 Å². The smallest absolute Gasteiger partial charge is 0.244 e. The Hall–Kier alpha value is -1.44. The van der Waals surface area contributed by atoms with Crippen molar-refractivity contribution in [3.8, 4) is 0 Å². The molecule has 7 heteroatoms. The average molecular weight is 311 g/mol. The Kier molecular flexibility index (Phi) is 4.36. The second-order valence-electron chi connectivity index (χ2n) is 5.75. The maximum atomic E-state index is 12.0. The molecule has 1 aromatic rings. The number of benzene rings is 1. The highest BCUT2D eigenvalue weighted by molar-refractivity contribution is 7.89. The summed E-state index contributed by atoms with van der Waals surface area (Å²) < 4.78 is 26.6. The van der Waals surface area contributed by atoms with Crippen LogP contribution in [0.3, 0.4) is 0 Å². The van der Waals surface area contributed by atoms with E-state index in [0.717, 1.165) is 12.8 Å². The lowest BCUT2D eigenvalue weighted by atomic mass is 10.1. The van der Waals surface area contributed by atoms with Crippen LogP contribution in [0.4, 0.5) is 5.69 Å².